The Bertz CT molecular complexity index is 1300. The van der Waals surface area contributed by atoms with E-state index in [1.807, 2.05) is 4.57 Å². The Balaban J connectivity index is 1.45. The second-order valence-electron chi connectivity index (χ2n) is 7.94. The number of rotatable bonds is 10. The van der Waals surface area contributed by atoms with Crippen molar-refractivity contribution >= 4 is 36.4 Å². The number of nitro groups is 1. The van der Waals surface area contributed by atoms with Gasteiger partial charge in [0.2, 0.25) is 0 Å². The fourth-order valence-electron chi connectivity index (χ4n) is 3.64. The Labute approximate surface area is 204 Å². The zero-order valence-electron chi connectivity index (χ0n) is 19.3. The molecule has 36 heavy (non-hydrogen) atoms. The summed E-state index contributed by atoms with van der Waals surface area (Å²) in [4.78, 5) is 34.6. The van der Waals surface area contributed by atoms with Gasteiger partial charge in [-0.15, -0.1) is 0 Å². The molecule has 0 radical (unpaired) electrons. The predicted molar refractivity (Wildman–Crippen MR) is 125 cm³/mol. The second kappa shape index (κ2) is 10.5. The molecular weight excluding hydrogens is 497 g/mol. The maximum Gasteiger partial charge on any atom is 0.459 e. The molecule has 2 aromatic heterocycles. The van der Waals surface area contributed by atoms with Gasteiger partial charge in [0.25, 0.3) is 5.69 Å². The van der Waals surface area contributed by atoms with Crippen molar-refractivity contribution in [3.8, 4) is 5.75 Å². The molecule has 0 aliphatic carbocycles. The summed E-state index contributed by atoms with van der Waals surface area (Å²) in [5.74, 6) is -0.370. The van der Waals surface area contributed by atoms with Gasteiger partial charge < -0.3 is 24.3 Å². The first kappa shape index (κ1) is 25.4. The number of hydrogen-bond acceptors (Lipinski definition) is 12. The number of benzene rings is 1. The molecule has 3 N–H and O–H groups in total. The number of ether oxygens (including phenoxy) is 2. The zero-order valence-corrected chi connectivity index (χ0v) is 20.2. The molecule has 0 saturated carbocycles. The number of aromatic nitrogens is 4. The predicted octanol–water partition coefficient (Wildman–Crippen LogP) is 2.00. The quantitative estimate of drug-likeness (QED) is 0.170. The molecule has 1 aromatic carbocycles. The molecule has 3 aromatic rings. The highest BCUT2D eigenvalue weighted by Gasteiger charge is 2.35. The second-order valence-corrected chi connectivity index (χ2v) is 9.63. The molecule has 2 unspecified atom stereocenters. The van der Waals surface area contributed by atoms with Crippen molar-refractivity contribution in [2.45, 2.75) is 31.5 Å². The standard InChI is InChI=1S/C20H24N7O8P/c1-12(20(28)32-2)25-36(31,35-15-5-3-13(4-6-15)27(29)30)34-9-16-7-14(8-33-16)26-11-24-17-18(21)22-10-23-19(17)26/h3-6,10-12,14,16H,7-9H2,1-2H3,(H,25,31)(H2,21,22,23)/t12?,14-,16-,36?/m1/s1. The molecule has 1 saturated heterocycles. The molecular formula is C20H24N7O8P. The van der Waals surface area contributed by atoms with Crippen molar-refractivity contribution in [2.24, 2.45) is 0 Å². The minimum absolute atomic E-state index is 0.0425. The first-order valence-electron chi connectivity index (χ1n) is 10.8. The molecule has 3 heterocycles. The van der Waals surface area contributed by atoms with E-state index in [9.17, 15) is 19.5 Å². The number of nitrogens with one attached hydrogen (secondary N) is 1. The van der Waals surface area contributed by atoms with Crippen LogP contribution in [0.2, 0.25) is 0 Å². The average molecular weight is 521 g/mol. The minimum Gasteiger partial charge on any atom is -0.468 e. The van der Waals surface area contributed by atoms with Crippen molar-refractivity contribution in [2.75, 3.05) is 26.1 Å². The summed E-state index contributed by atoms with van der Waals surface area (Å²) in [7, 11) is -2.95. The van der Waals surface area contributed by atoms with E-state index in [0.29, 0.717) is 24.2 Å². The van der Waals surface area contributed by atoms with Gasteiger partial charge in [-0.25, -0.2) is 19.5 Å². The fourth-order valence-corrected chi connectivity index (χ4v) is 5.16. The third-order valence-electron chi connectivity index (χ3n) is 5.45. The van der Waals surface area contributed by atoms with E-state index in [2.05, 4.69) is 24.8 Å². The summed E-state index contributed by atoms with van der Waals surface area (Å²) in [5, 5.41) is 13.4. The van der Waals surface area contributed by atoms with E-state index in [1.54, 1.807) is 6.33 Å². The lowest BCUT2D eigenvalue weighted by atomic mass is 10.2. The van der Waals surface area contributed by atoms with Crippen molar-refractivity contribution in [1.82, 2.24) is 24.6 Å². The van der Waals surface area contributed by atoms with Crippen LogP contribution < -0.4 is 15.3 Å². The Kier molecular flexibility index (Phi) is 7.45. The molecule has 1 aliphatic rings. The van der Waals surface area contributed by atoms with E-state index < -0.39 is 30.8 Å². The van der Waals surface area contributed by atoms with E-state index in [4.69, 9.17) is 19.5 Å². The molecule has 0 spiro atoms. The summed E-state index contributed by atoms with van der Waals surface area (Å²) < 4.78 is 37.0. The van der Waals surface area contributed by atoms with Crippen LogP contribution >= 0.6 is 7.75 Å². The number of anilines is 1. The van der Waals surface area contributed by atoms with E-state index >= 15 is 0 Å². The van der Waals surface area contributed by atoms with Crippen LogP contribution in [0.25, 0.3) is 11.2 Å². The summed E-state index contributed by atoms with van der Waals surface area (Å²) >= 11 is 0. The van der Waals surface area contributed by atoms with Gasteiger partial charge in [0, 0.05) is 12.1 Å². The number of imidazole rings is 1. The van der Waals surface area contributed by atoms with Crippen molar-refractivity contribution in [1.29, 1.82) is 0 Å². The van der Waals surface area contributed by atoms with Gasteiger partial charge in [-0.3, -0.25) is 19.4 Å². The van der Waals surface area contributed by atoms with Gasteiger partial charge in [-0.05, 0) is 25.5 Å². The van der Waals surface area contributed by atoms with Crippen LogP contribution in [-0.4, -0.2) is 62.9 Å². The lowest BCUT2D eigenvalue weighted by molar-refractivity contribution is -0.384. The molecule has 4 rings (SSSR count). The van der Waals surface area contributed by atoms with Gasteiger partial charge in [0.15, 0.2) is 11.5 Å². The van der Waals surface area contributed by atoms with Crippen LogP contribution in [0.1, 0.15) is 19.4 Å². The number of nitrogens with two attached hydrogens (primary N) is 1. The van der Waals surface area contributed by atoms with Crippen molar-refractivity contribution in [3.63, 3.8) is 0 Å². The molecule has 16 heteroatoms. The molecule has 1 fully saturated rings. The Morgan fingerprint density at radius 1 is 1.36 bits per heavy atom. The van der Waals surface area contributed by atoms with Gasteiger partial charge in [0.1, 0.15) is 23.6 Å². The fraction of sp³-hybridized carbons (Fsp3) is 0.400. The molecule has 15 nitrogen and oxygen atoms in total. The van der Waals surface area contributed by atoms with Crippen molar-refractivity contribution in [3.05, 3.63) is 47.0 Å². The third-order valence-corrected chi connectivity index (χ3v) is 7.09. The lowest BCUT2D eigenvalue weighted by Gasteiger charge is -2.23. The monoisotopic (exact) mass is 521 g/mol. The number of carbonyl (C=O) groups is 1. The van der Waals surface area contributed by atoms with Gasteiger partial charge in [-0.1, -0.05) is 0 Å². The minimum atomic E-state index is -4.14. The number of fused-ring (bicyclic) bond motifs is 1. The number of non-ortho nitro benzene ring substituents is 1. The average Bonchev–Trinajstić information content (AvgIpc) is 3.50. The molecule has 0 amide bonds. The van der Waals surface area contributed by atoms with Crippen LogP contribution in [0.3, 0.4) is 0 Å². The van der Waals surface area contributed by atoms with Crippen LogP contribution in [0.5, 0.6) is 5.75 Å². The van der Waals surface area contributed by atoms with E-state index in [-0.39, 0.29) is 29.9 Å². The Morgan fingerprint density at radius 3 is 2.81 bits per heavy atom. The Hall–Kier alpha value is -3.65. The lowest BCUT2D eigenvalue weighted by Crippen LogP contribution is -2.35. The number of esters is 1. The number of nitrogen functional groups attached to an aromatic ring is 1. The highest BCUT2D eigenvalue weighted by atomic mass is 31.2. The SMILES string of the molecule is COC(=O)C(C)NP(=O)(OC[C@H]1C[C@@H](n2cnc3c(N)ncnc32)CO1)Oc1ccc([N+](=O)[O-])cc1. The van der Waals surface area contributed by atoms with Gasteiger partial charge >= 0.3 is 13.7 Å². The highest BCUT2D eigenvalue weighted by molar-refractivity contribution is 7.52. The van der Waals surface area contributed by atoms with E-state index in [1.165, 1.54) is 44.6 Å². The Morgan fingerprint density at radius 2 is 2.11 bits per heavy atom. The normalized spacial score (nSPS) is 20.1. The van der Waals surface area contributed by atoms with Crippen LogP contribution in [0, 0.1) is 10.1 Å². The summed E-state index contributed by atoms with van der Waals surface area (Å²) in [6.45, 7) is 1.62. The first-order valence-corrected chi connectivity index (χ1v) is 12.3. The maximum absolute atomic E-state index is 13.5. The molecule has 0 bridgehead atoms. The molecule has 192 valence electrons. The zero-order chi connectivity index (χ0) is 25.9. The largest absolute Gasteiger partial charge is 0.468 e. The number of nitro benzene ring substituents is 1. The summed E-state index contributed by atoms with van der Waals surface area (Å²) in [6, 6.07) is 3.78. The summed E-state index contributed by atoms with van der Waals surface area (Å²) in [6.07, 6.45) is 2.98. The van der Waals surface area contributed by atoms with Crippen LogP contribution in [0.15, 0.2) is 36.9 Å². The first-order chi connectivity index (χ1) is 17.2. The number of hydrogen-bond donors (Lipinski definition) is 2. The van der Waals surface area contributed by atoms with Gasteiger partial charge in [-0.2, -0.15) is 5.09 Å². The topological polar surface area (TPSA) is 196 Å². The maximum atomic E-state index is 13.5. The van der Waals surface area contributed by atoms with Crippen molar-refractivity contribution < 1.29 is 32.8 Å². The smallest absolute Gasteiger partial charge is 0.459 e. The number of nitrogens with zero attached hydrogens (tertiary/aromatic N) is 5. The third kappa shape index (κ3) is 5.60. The number of carbonyl (C=O) groups excluding carboxylic acids is 1. The van der Waals surface area contributed by atoms with Gasteiger partial charge in [0.05, 0.1) is 43.7 Å². The van der Waals surface area contributed by atoms with Crippen LogP contribution in [-0.2, 0) is 23.4 Å². The van der Waals surface area contributed by atoms with Crippen LogP contribution in [0.4, 0.5) is 11.5 Å². The number of methoxy groups -OCH3 is 1. The molecule has 4 atom stereocenters. The highest BCUT2D eigenvalue weighted by Crippen LogP contribution is 2.46. The van der Waals surface area contributed by atoms with E-state index in [0.717, 1.165) is 0 Å². The molecule has 1 aliphatic heterocycles. The summed E-state index contributed by atoms with van der Waals surface area (Å²) in [5.41, 5.74) is 6.74.